The molecule has 334 valence electrons. The van der Waals surface area contributed by atoms with Crippen LogP contribution in [0.15, 0.2) is 96.1 Å². The number of aliphatic hydroxyl groups excluding tert-OH is 2. The van der Waals surface area contributed by atoms with Crippen LogP contribution in [-0.4, -0.2) is 105 Å². The smallest absolute Gasteiger partial charge is 0.338 e. The summed E-state index contributed by atoms with van der Waals surface area (Å²) < 4.78 is 44.2. The number of hydrogen-bond acceptors (Lipinski definition) is 14. The summed E-state index contributed by atoms with van der Waals surface area (Å²) in [5, 5.41) is 40.1. The summed E-state index contributed by atoms with van der Waals surface area (Å²) in [6, 6.07) is 18.9. The van der Waals surface area contributed by atoms with Gasteiger partial charge in [0.25, 0.3) is 5.91 Å². The first-order valence-corrected chi connectivity index (χ1v) is 20.6. The highest BCUT2D eigenvalue weighted by Gasteiger charge is 2.78. The van der Waals surface area contributed by atoms with Crippen LogP contribution >= 0.6 is 0 Å². The standard InChI is InChI=1S/C47H50FNO14/c1-24-31(61-43(57)36(53)35(27-17-19-30(48)20-18-27)49-41(55)28-13-9-7-10-14-28)22-47(58)40(62-42(56)29-15-11-8-12-16-29)38-45(6,32(52)21-33-46(38,23-59-33)63-26(3)51)39(54)37(60-25(2)50)34(24)44(47,4)5/h7-20,31-33,35-38,40,52-53,58H,21-23H2,1-6H3,(H,49,55)/t31?,32-,33+,35?,36?,37+,38?,40?,45+,46-,47+/m0/s1. The van der Waals surface area contributed by atoms with Gasteiger partial charge in [-0.2, -0.15) is 0 Å². The van der Waals surface area contributed by atoms with E-state index in [1.165, 1.54) is 64.1 Å². The Morgan fingerprint density at radius 1 is 0.857 bits per heavy atom. The van der Waals surface area contributed by atoms with E-state index >= 15 is 4.79 Å². The Balaban J connectivity index is 1.39. The Bertz CT molecular complexity index is 2340. The number of hydrogen-bond donors (Lipinski definition) is 4. The molecular formula is C47H50FNO14. The molecular weight excluding hydrogens is 822 g/mol. The summed E-state index contributed by atoms with van der Waals surface area (Å²) in [7, 11) is 0. The van der Waals surface area contributed by atoms with Crippen LogP contribution in [0.3, 0.4) is 0 Å². The van der Waals surface area contributed by atoms with Gasteiger partial charge >= 0.3 is 23.9 Å². The van der Waals surface area contributed by atoms with Crippen molar-refractivity contribution in [2.75, 3.05) is 6.61 Å². The molecule has 1 amide bonds. The third-order valence-electron chi connectivity index (χ3n) is 13.6. The highest BCUT2D eigenvalue weighted by molar-refractivity contribution is 5.96. The molecule has 3 fully saturated rings. The van der Waals surface area contributed by atoms with Gasteiger partial charge in [0.15, 0.2) is 23.6 Å². The number of ether oxygens (including phenoxy) is 5. The molecule has 16 heteroatoms. The molecule has 15 nitrogen and oxygen atoms in total. The van der Waals surface area contributed by atoms with Crippen molar-refractivity contribution < 1.29 is 72.2 Å². The molecule has 4 aliphatic rings. The van der Waals surface area contributed by atoms with Crippen LogP contribution in [-0.2, 0) is 42.9 Å². The molecule has 0 radical (unpaired) electrons. The van der Waals surface area contributed by atoms with Gasteiger partial charge < -0.3 is 44.3 Å². The summed E-state index contributed by atoms with van der Waals surface area (Å²) in [6.07, 6.45) is -10.9. The zero-order chi connectivity index (χ0) is 45.8. The van der Waals surface area contributed by atoms with E-state index in [0.717, 1.165) is 26.0 Å². The molecule has 2 bridgehead atoms. The maximum Gasteiger partial charge on any atom is 0.338 e. The Labute approximate surface area is 362 Å². The Morgan fingerprint density at radius 2 is 1.46 bits per heavy atom. The average molecular weight is 872 g/mol. The lowest BCUT2D eigenvalue weighted by Crippen LogP contribution is -2.82. The lowest BCUT2D eigenvalue weighted by molar-refractivity contribution is -0.346. The van der Waals surface area contributed by atoms with E-state index in [4.69, 9.17) is 23.7 Å². The van der Waals surface area contributed by atoms with Crippen molar-refractivity contribution in [1.29, 1.82) is 0 Å². The zero-order valence-electron chi connectivity index (χ0n) is 35.5. The number of esters is 4. The minimum atomic E-state index is -2.44. The molecule has 5 unspecified atom stereocenters. The third-order valence-corrected chi connectivity index (χ3v) is 13.6. The maximum absolute atomic E-state index is 15.5. The molecule has 4 N–H and O–H groups in total. The number of carbonyl (C=O) groups excluding carboxylic acids is 6. The van der Waals surface area contributed by atoms with Crippen molar-refractivity contribution in [3.63, 3.8) is 0 Å². The second-order valence-corrected chi connectivity index (χ2v) is 17.5. The van der Waals surface area contributed by atoms with Crippen molar-refractivity contribution in [3.8, 4) is 0 Å². The third kappa shape index (κ3) is 7.62. The predicted octanol–water partition coefficient (Wildman–Crippen LogP) is 3.87. The Kier molecular flexibility index (Phi) is 12.0. The van der Waals surface area contributed by atoms with Gasteiger partial charge in [-0.15, -0.1) is 0 Å². The SMILES string of the molecule is CC(=O)O[C@H]1C(=O)[C@@]2(C)C(C(OC(=O)c3ccccc3)[C@]3(O)CC(OC(=O)C(O)C(NC(=O)c4ccccc4)c4ccc(F)cc4)C(C)=C1C3(C)C)[C@]1(OC(C)=O)CO[C@@H]1C[C@@H]2O. The van der Waals surface area contributed by atoms with Crippen molar-refractivity contribution in [1.82, 2.24) is 5.32 Å². The number of Topliss-reactive ketones (excluding diaryl/α,β-unsaturated/α-hetero) is 1. The van der Waals surface area contributed by atoms with Gasteiger partial charge in [0.2, 0.25) is 0 Å². The van der Waals surface area contributed by atoms with Crippen molar-refractivity contribution >= 4 is 35.6 Å². The van der Waals surface area contributed by atoms with Crippen LogP contribution in [0.2, 0.25) is 0 Å². The molecule has 0 spiro atoms. The van der Waals surface area contributed by atoms with Crippen LogP contribution in [0.1, 0.15) is 86.7 Å². The summed E-state index contributed by atoms with van der Waals surface area (Å²) in [4.78, 5) is 83.4. The normalized spacial score (nSPS) is 31.6. The van der Waals surface area contributed by atoms with Gasteiger partial charge in [0.1, 0.15) is 29.7 Å². The van der Waals surface area contributed by atoms with Crippen LogP contribution in [0, 0.1) is 22.6 Å². The molecule has 1 heterocycles. The molecule has 1 saturated heterocycles. The van der Waals surface area contributed by atoms with Gasteiger partial charge in [0, 0.05) is 37.7 Å². The van der Waals surface area contributed by atoms with Crippen LogP contribution < -0.4 is 5.32 Å². The van der Waals surface area contributed by atoms with E-state index in [9.17, 15) is 43.7 Å². The Hall–Kier alpha value is -5.81. The lowest BCUT2D eigenvalue weighted by atomic mass is 9.44. The van der Waals surface area contributed by atoms with Crippen molar-refractivity contribution in [3.05, 3.63) is 119 Å². The highest BCUT2D eigenvalue weighted by atomic mass is 19.1. The van der Waals surface area contributed by atoms with E-state index in [-0.39, 0.29) is 40.9 Å². The quantitative estimate of drug-likeness (QED) is 0.129. The number of ketones is 1. The molecule has 3 aliphatic carbocycles. The number of benzene rings is 3. The van der Waals surface area contributed by atoms with Crippen LogP contribution in [0.25, 0.3) is 0 Å². The fraction of sp³-hybridized carbons (Fsp3) is 0.447. The first-order valence-electron chi connectivity index (χ1n) is 20.6. The minimum absolute atomic E-state index is 0.0441. The molecule has 11 atom stereocenters. The van der Waals surface area contributed by atoms with E-state index < -0.39 is 118 Å². The monoisotopic (exact) mass is 871 g/mol. The molecule has 2 saturated carbocycles. The van der Waals surface area contributed by atoms with Crippen LogP contribution in [0.4, 0.5) is 4.39 Å². The van der Waals surface area contributed by atoms with Crippen molar-refractivity contribution in [2.45, 2.75) is 108 Å². The largest absolute Gasteiger partial charge is 0.456 e. The Morgan fingerprint density at radius 3 is 2.02 bits per heavy atom. The summed E-state index contributed by atoms with van der Waals surface area (Å²) in [5.74, 6) is -7.79. The molecule has 1 aliphatic heterocycles. The summed E-state index contributed by atoms with van der Waals surface area (Å²) >= 11 is 0. The number of halogens is 1. The zero-order valence-corrected chi connectivity index (χ0v) is 35.5. The van der Waals surface area contributed by atoms with E-state index in [0.29, 0.717) is 0 Å². The fourth-order valence-electron chi connectivity index (χ4n) is 10.2. The first kappa shape index (κ1) is 45.2. The maximum atomic E-state index is 15.5. The topological polar surface area (TPSA) is 221 Å². The number of rotatable bonds is 10. The second-order valence-electron chi connectivity index (χ2n) is 17.5. The number of fused-ring (bicyclic) bond motifs is 5. The molecule has 3 aromatic rings. The predicted molar refractivity (Wildman–Crippen MR) is 218 cm³/mol. The van der Waals surface area contributed by atoms with E-state index in [2.05, 4.69) is 5.32 Å². The lowest BCUT2D eigenvalue weighted by Gasteiger charge is -2.67. The van der Waals surface area contributed by atoms with Crippen molar-refractivity contribution in [2.24, 2.45) is 16.7 Å². The number of carbonyl (C=O) groups is 6. The van der Waals surface area contributed by atoms with Gasteiger partial charge in [0.05, 0.1) is 35.6 Å². The van der Waals surface area contributed by atoms with E-state index in [1.54, 1.807) is 36.4 Å². The first-order chi connectivity index (χ1) is 29.7. The van der Waals surface area contributed by atoms with Gasteiger partial charge in [-0.1, -0.05) is 62.4 Å². The molecule has 7 rings (SSSR count). The van der Waals surface area contributed by atoms with E-state index in [1.807, 2.05) is 0 Å². The highest BCUT2D eigenvalue weighted by Crippen LogP contribution is 2.64. The molecule has 63 heavy (non-hydrogen) atoms. The number of aliphatic hydroxyl groups is 3. The van der Waals surface area contributed by atoms with Gasteiger partial charge in [-0.05, 0) is 67.0 Å². The second kappa shape index (κ2) is 16.7. The van der Waals surface area contributed by atoms with Gasteiger partial charge in [-0.3, -0.25) is 19.2 Å². The average Bonchev–Trinajstić information content (AvgIpc) is 3.24. The summed E-state index contributed by atoms with van der Waals surface area (Å²) in [5.41, 5.74) is -7.58. The van der Waals surface area contributed by atoms with Crippen LogP contribution in [0.5, 0.6) is 0 Å². The summed E-state index contributed by atoms with van der Waals surface area (Å²) in [6.45, 7) is 7.79. The number of amides is 1. The van der Waals surface area contributed by atoms with Gasteiger partial charge in [-0.25, -0.2) is 14.0 Å². The minimum Gasteiger partial charge on any atom is -0.456 e. The molecule has 3 aromatic carbocycles. The fourth-order valence-corrected chi connectivity index (χ4v) is 10.2. The number of nitrogens with one attached hydrogen (secondary N) is 1. The molecule has 0 aromatic heterocycles.